The Kier molecular flexibility index (Phi) is 6.43. The largest absolute Gasteiger partial charge is 0.496 e. The molecule has 0 saturated carbocycles. The van der Waals surface area contributed by atoms with Crippen molar-refractivity contribution in [2.24, 2.45) is 0 Å². The van der Waals surface area contributed by atoms with Crippen molar-refractivity contribution >= 4 is 38.1 Å². The van der Waals surface area contributed by atoms with Crippen LogP contribution in [0.15, 0.2) is 28.1 Å². The molecule has 2 heterocycles. The molecule has 1 aliphatic heterocycles. The predicted molar refractivity (Wildman–Crippen MR) is 102 cm³/mol. The summed E-state index contributed by atoms with van der Waals surface area (Å²) in [5, 5.41) is 2.86. The Bertz CT molecular complexity index is 714. The summed E-state index contributed by atoms with van der Waals surface area (Å²) < 4.78 is 24.4. The number of ether oxygens (including phenoxy) is 2. The van der Waals surface area contributed by atoms with Crippen molar-refractivity contribution in [3.8, 4) is 16.3 Å². The van der Waals surface area contributed by atoms with Crippen molar-refractivity contribution in [2.45, 2.75) is 31.1 Å². The van der Waals surface area contributed by atoms with Gasteiger partial charge in [-0.1, -0.05) is 15.9 Å². The van der Waals surface area contributed by atoms with E-state index in [2.05, 4.69) is 20.9 Å². The van der Waals surface area contributed by atoms with Gasteiger partial charge in [-0.25, -0.2) is 4.98 Å². The first kappa shape index (κ1) is 18.0. The van der Waals surface area contributed by atoms with Crippen LogP contribution >= 0.6 is 27.3 Å². The molecule has 3 rings (SSSR count). The van der Waals surface area contributed by atoms with Crippen molar-refractivity contribution in [3.05, 3.63) is 33.7 Å². The van der Waals surface area contributed by atoms with Gasteiger partial charge in [-0.3, -0.25) is 4.21 Å². The summed E-state index contributed by atoms with van der Waals surface area (Å²) >= 11 is 5.04. The van der Waals surface area contributed by atoms with E-state index < -0.39 is 10.8 Å². The third kappa shape index (κ3) is 4.65. The van der Waals surface area contributed by atoms with Gasteiger partial charge in [0.2, 0.25) is 0 Å². The van der Waals surface area contributed by atoms with Crippen LogP contribution < -0.4 is 4.74 Å². The fourth-order valence-corrected chi connectivity index (χ4v) is 5.29. The van der Waals surface area contributed by atoms with Crippen LogP contribution in [0.1, 0.15) is 25.0 Å². The Morgan fingerprint density at radius 1 is 1.46 bits per heavy atom. The van der Waals surface area contributed by atoms with Crippen LogP contribution in [0.2, 0.25) is 0 Å². The molecular weight excluding hydrogens is 410 g/mol. The molecule has 0 bridgehead atoms. The zero-order chi connectivity index (χ0) is 16.9. The average Bonchev–Trinajstić information content (AvgIpc) is 3.04. The molecule has 0 amide bonds. The Balaban J connectivity index is 1.67. The molecule has 2 aromatic rings. The molecule has 1 aliphatic rings. The molecule has 1 saturated heterocycles. The van der Waals surface area contributed by atoms with Crippen LogP contribution in [0, 0.1) is 0 Å². The lowest BCUT2D eigenvalue weighted by Gasteiger charge is -2.21. The Morgan fingerprint density at radius 2 is 2.33 bits per heavy atom. The summed E-state index contributed by atoms with van der Waals surface area (Å²) in [5.41, 5.74) is 1.82. The molecule has 0 N–H and O–H groups in total. The number of aromatic nitrogens is 1. The van der Waals surface area contributed by atoms with Gasteiger partial charge in [0.1, 0.15) is 10.8 Å². The molecule has 1 aromatic carbocycles. The lowest BCUT2D eigenvalue weighted by atomic mass is 10.1. The number of thiazole rings is 1. The number of hydrogen-bond acceptors (Lipinski definition) is 5. The lowest BCUT2D eigenvalue weighted by molar-refractivity contribution is 0.0310. The third-order valence-electron chi connectivity index (χ3n) is 3.90. The molecule has 0 radical (unpaired) electrons. The normalized spacial score (nSPS) is 19.2. The molecule has 24 heavy (non-hydrogen) atoms. The van der Waals surface area contributed by atoms with E-state index >= 15 is 0 Å². The minimum absolute atomic E-state index is 0.142. The smallest absolute Gasteiger partial charge is 0.129 e. The van der Waals surface area contributed by atoms with Gasteiger partial charge in [0, 0.05) is 27.3 Å². The van der Waals surface area contributed by atoms with Crippen molar-refractivity contribution in [1.82, 2.24) is 4.98 Å². The van der Waals surface area contributed by atoms with E-state index in [1.807, 2.05) is 23.6 Å². The summed E-state index contributed by atoms with van der Waals surface area (Å²) in [6.07, 6.45) is 3.45. The molecule has 2 atom stereocenters. The maximum absolute atomic E-state index is 12.4. The van der Waals surface area contributed by atoms with E-state index in [9.17, 15) is 4.21 Å². The highest BCUT2D eigenvalue weighted by molar-refractivity contribution is 9.10. The van der Waals surface area contributed by atoms with E-state index in [1.165, 1.54) is 6.42 Å². The number of nitrogens with zero attached hydrogens (tertiary/aromatic N) is 1. The van der Waals surface area contributed by atoms with Crippen LogP contribution in [0.4, 0.5) is 0 Å². The molecule has 2 unspecified atom stereocenters. The monoisotopic (exact) mass is 429 g/mol. The topological polar surface area (TPSA) is 48.4 Å². The second kappa shape index (κ2) is 8.56. The van der Waals surface area contributed by atoms with Crippen LogP contribution in [0.3, 0.4) is 0 Å². The van der Waals surface area contributed by atoms with Crippen molar-refractivity contribution in [1.29, 1.82) is 0 Å². The van der Waals surface area contributed by atoms with Gasteiger partial charge >= 0.3 is 0 Å². The van der Waals surface area contributed by atoms with Crippen molar-refractivity contribution in [2.75, 3.05) is 19.5 Å². The van der Waals surface area contributed by atoms with Crippen molar-refractivity contribution in [3.63, 3.8) is 0 Å². The SMILES string of the molecule is COc1ccc(Br)cc1-c1nc(CS(=O)CC2CCCCO2)cs1. The van der Waals surface area contributed by atoms with E-state index in [4.69, 9.17) is 9.47 Å². The zero-order valence-electron chi connectivity index (χ0n) is 13.5. The van der Waals surface area contributed by atoms with Gasteiger partial charge < -0.3 is 9.47 Å². The van der Waals surface area contributed by atoms with Gasteiger partial charge in [-0.2, -0.15) is 0 Å². The number of methoxy groups -OCH3 is 1. The summed E-state index contributed by atoms with van der Waals surface area (Å²) in [6, 6.07) is 5.85. The zero-order valence-corrected chi connectivity index (χ0v) is 16.7. The quantitative estimate of drug-likeness (QED) is 0.682. The Morgan fingerprint density at radius 3 is 3.08 bits per heavy atom. The van der Waals surface area contributed by atoms with Crippen LogP contribution in [0.5, 0.6) is 5.75 Å². The maximum atomic E-state index is 12.4. The van der Waals surface area contributed by atoms with Crippen LogP contribution in [-0.4, -0.2) is 34.8 Å². The number of rotatable bonds is 6. The van der Waals surface area contributed by atoms with Gasteiger partial charge in [0.15, 0.2) is 0 Å². The number of halogens is 1. The molecule has 130 valence electrons. The summed E-state index contributed by atoms with van der Waals surface area (Å²) in [4.78, 5) is 4.65. The van der Waals surface area contributed by atoms with Gasteiger partial charge in [-0.15, -0.1) is 11.3 Å². The number of benzene rings is 1. The predicted octanol–water partition coefficient (Wildman–Crippen LogP) is 4.40. The van der Waals surface area contributed by atoms with Crippen LogP contribution in [0.25, 0.3) is 10.6 Å². The molecule has 7 heteroatoms. The highest BCUT2D eigenvalue weighted by atomic mass is 79.9. The van der Waals surface area contributed by atoms with Gasteiger partial charge in [-0.05, 0) is 37.5 Å². The van der Waals surface area contributed by atoms with E-state index in [1.54, 1.807) is 18.4 Å². The number of hydrogen-bond donors (Lipinski definition) is 0. The summed E-state index contributed by atoms with van der Waals surface area (Å²) in [5.74, 6) is 1.87. The molecule has 0 spiro atoms. The van der Waals surface area contributed by atoms with Gasteiger partial charge in [0.05, 0.1) is 36.0 Å². The molecular formula is C17H20BrNO3S2. The van der Waals surface area contributed by atoms with E-state index in [0.717, 1.165) is 45.9 Å². The Hall–Kier alpha value is -0.760. The first-order valence-corrected chi connectivity index (χ1v) is 11.1. The van der Waals surface area contributed by atoms with E-state index in [0.29, 0.717) is 11.5 Å². The lowest BCUT2D eigenvalue weighted by Crippen LogP contribution is -2.25. The molecule has 4 nitrogen and oxygen atoms in total. The standard InChI is InChI=1S/C17H20BrNO3S2/c1-21-16-6-5-12(18)8-15(16)17-19-13(9-23-17)10-24(20)11-14-4-2-3-7-22-14/h5-6,8-9,14H,2-4,7,10-11H2,1H3. The van der Waals surface area contributed by atoms with Gasteiger partial charge in [0.25, 0.3) is 0 Å². The first-order valence-electron chi connectivity index (χ1n) is 7.90. The van der Waals surface area contributed by atoms with Crippen LogP contribution in [-0.2, 0) is 21.3 Å². The minimum Gasteiger partial charge on any atom is -0.496 e. The molecule has 1 aromatic heterocycles. The maximum Gasteiger partial charge on any atom is 0.129 e. The third-order valence-corrected chi connectivity index (χ3v) is 6.68. The molecule has 0 aliphatic carbocycles. The highest BCUT2D eigenvalue weighted by Crippen LogP contribution is 2.34. The average molecular weight is 430 g/mol. The highest BCUT2D eigenvalue weighted by Gasteiger charge is 2.18. The Labute approximate surface area is 157 Å². The molecule has 1 fully saturated rings. The van der Waals surface area contributed by atoms with Crippen molar-refractivity contribution < 1.29 is 13.7 Å². The second-order valence-corrected chi connectivity index (χ2v) is 9.00. The fraction of sp³-hybridized carbons (Fsp3) is 0.471. The fourth-order valence-electron chi connectivity index (χ4n) is 2.71. The second-order valence-electron chi connectivity index (χ2n) is 5.73. The first-order chi connectivity index (χ1) is 11.7. The summed E-state index contributed by atoms with van der Waals surface area (Å²) in [6.45, 7) is 0.797. The minimum atomic E-state index is -0.944. The van der Waals surface area contributed by atoms with E-state index in [-0.39, 0.29) is 6.10 Å². The summed E-state index contributed by atoms with van der Waals surface area (Å²) in [7, 11) is 0.709.